The van der Waals surface area contributed by atoms with Crippen LogP contribution in [-0.4, -0.2) is 16.0 Å². The second-order valence-electron chi connectivity index (χ2n) is 2.22. The van der Waals surface area contributed by atoms with E-state index in [1.54, 1.807) is 6.92 Å². The van der Waals surface area contributed by atoms with Crippen molar-refractivity contribution in [3.05, 3.63) is 16.8 Å². The normalized spacial score (nSPS) is 10.6. The van der Waals surface area contributed by atoms with E-state index in [9.17, 15) is 0 Å². The first-order valence-corrected chi connectivity index (χ1v) is 4.20. The zero-order valence-corrected chi connectivity index (χ0v) is 8.34. The average Bonchev–Trinajstić information content (AvgIpc) is 1.87. The molecule has 0 aliphatic heterocycles. The molecular formula is C7H9Cl3O. The largest absolute Gasteiger partial charge is 0.393 e. The summed E-state index contributed by atoms with van der Waals surface area (Å²) in [5.41, 5.74) is 4.78. The van der Waals surface area contributed by atoms with Gasteiger partial charge < -0.3 is 5.11 Å². The standard InChI is InChI=1S/C7H9Cl3O/c1-6(2-3-8)4-7(9,10)5-11/h3,11H,4-5H2,1H3. The van der Waals surface area contributed by atoms with Gasteiger partial charge in [0.2, 0.25) is 0 Å². The van der Waals surface area contributed by atoms with Gasteiger partial charge in [-0.15, -0.1) is 5.73 Å². The summed E-state index contributed by atoms with van der Waals surface area (Å²) in [7, 11) is 0. The van der Waals surface area contributed by atoms with Crippen molar-refractivity contribution in [3.8, 4) is 0 Å². The van der Waals surface area contributed by atoms with Crippen molar-refractivity contribution in [2.24, 2.45) is 0 Å². The van der Waals surface area contributed by atoms with E-state index in [0.717, 1.165) is 5.57 Å². The van der Waals surface area contributed by atoms with Gasteiger partial charge in [0.05, 0.1) is 6.61 Å². The van der Waals surface area contributed by atoms with Crippen molar-refractivity contribution in [2.75, 3.05) is 6.61 Å². The van der Waals surface area contributed by atoms with Gasteiger partial charge in [0, 0.05) is 12.0 Å². The molecule has 0 aliphatic carbocycles. The number of allylic oxidation sites excluding steroid dienone is 1. The molecule has 1 nitrogen and oxygen atoms in total. The van der Waals surface area contributed by atoms with Crippen molar-refractivity contribution in [1.29, 1.82) is 0 Å². The first kappa shape index (κ1) is 11.4. The predicted octanol–water partition coefficient (Wildman–Crippen LogP) is 2.84. The van der Waals surface area contributed by atoms with Gasteiger partial charge in [0.15, 0.2) is 0 Å². The Kier molecular flexibility index (Phi) is 5.24. The van der Waals surface area contributed by atoms with Crippen LogP contribution in [0.25, 0.3) is 0 Å². The summed E-state index contributed by atoms with van der Waals surface area (Å²) >= 11 is 16.6. The van der Waals surface area contributed by atoms with Crippen LogP contribution < -0.4 is 0 Å². The molecule has 0 amide bonds. The number of hydrogen-bond acceptors (Lipinski definition) is 1. The van der Waals surface area contributed by atoms with Crippen LogP contribution in [0.3, 0.4) is 0 Å². The van der Waals surface area contributed by atoms with Crippen LogP contribution in [0.15, 0.2) is 16.8 Å². The Bertz CT molecular complexity index is 180. The lowest BCUT2D eigenvalue weighted by atomic mass is 10.2. The fourth-order valence-electron chi connectivity index (χ4n) is 0.588. The quantitative estimate of drug-likeness (QED) is 0.567. The second kappa shape index (κ2) is 5.08. The lowest BCUT2D eigenvalue weighted by molar-refractivity contribution is 0.278. The van der Waals surface area contributed by atoms with Crippen LogP contribution in [0.2, 0.25) is 0 Å². The summed E-state index contributed by atoms with van der Waals surface area (Å²) < 4.78 is -1.11. The molecule has 0 heterocycles. The maximum absolute atomic E-state index is 8.66. The van der Waals surface area contributed by atoms with Crippen LogP contribution >= 0.6 is 34.8 Å². The molecule has 1 N–H and O–H groups in total. The van der Waals surface area contributed by atoms with E-state index in [2.05, 4.69) is 5.73 Å². The Balaban J connectivity index is 4.15. The molecule has 0 rings (SSSR count). The molecule has 0 radical (unpaired) electrons. The summed E-state index contributed by atoms with van der Waals surface area (Å²) in [6.07, 6.45) is 0.357. The summed E-state index contributed by atoms with van der Waals surface area (Å²) in [6, 6.07) is 0. The second-order valence-corrected chi connectivity index (χ2v) is 4.08. The zero-order chi connectivity index (χ0) is 8.91. The van der Waals surface area contributed by atoms with Crippen LogP contribution in [0.4, 0.5) is 0 Å². The van der Waals surface area contributed by atoms with E-state index < -0.39 is 4.33 Å². The van der Waals surface area contributed by atoms with Crippen molar-refractivity contribution < 1.29 is 5.11 Å². The Labute approximate surface area is 81.3 Å². The number of alkyl halides is 2. The van der Waals surface area contributed by atoms with Crippen molar-refractivity contribution in [1.82, 2.24) is 0 Å². The lowest BCUT2D eigenvalue weighted by Crippen LogP contribution is -2.18. The summed E-state index contributed by atoms with van der Waals surface area (Å²) in [4.78, 5) is 0. The van der Waals surface area contributed by atoms with Crippen molar-refractivity contribution >= 4 is 34.8 Å². The number of rotatable bonds is 3. The highest BCUT2D eigenvalue weighted by Crippen LogP contribution is 2.27. The first-order chi connectivity index (χ1) is 5.02. The van der Waals surface area contributed by atoms with Gasteiger partial charge in [-0.1, -0.05) is 34.8 Å². The number of hydrogen-bond donors (Lipinski definition) is 1. The molecule has 0 saturated carbocycles. The maximum atomic E-state index is 8.66. The van der Waals surface area contributed by atoms with Crippen LogP contribution in [0, 0.1) is 0 Å². The van der Waals surface area contributed by atoms with E-state index in [1.807, 2.05) is 0 Å². The van der Waals surface area contributed by atoms with Crippen LogP contribution in [-0.2, 0) is 0 Å². The van der Waals surface area contributed by atoms with Gasteiger partial charge in [-0.25, -0.2) is 0 Å². The van der Waals surface area contributed by atoms with E-state index >= 15 is 0 Å². The molecule has 0 saturated heterocycles. The highest BCUT2D eigenvalue weighted by atomic mass is 35.5. The monoisotopic (exact) mass is 214 g/mol. The van der Waals surface area contributed by atoms with Gasteiger partial charge in [-0.05, 0) is 12.5 Å². The minimum atomic E-state index is -1.11. The van der Waals surface area contributed by atoms with Crippen molar-refractivity contribution in [3.63, 3.8) is 0 Å². The molecule has 0 fully saturated rings. The van der Waals surface area contributed by atoms with E-state index in [-0.39, 0.29) is 6.61 Å². The van der Waals surface area contributed by atoms with Crippen molar-refractivity contribution in [2.45, 2.75) is 17.7 Å². The summed E-state index contributed by atoms with van der Waals surface area (Å²) in [5, 5.41) is 8.66. The molecule has 0 bridgehead atoms. The number of aliphatic hydroxyl groups excluding tert-OH is 1. The minimum absolute atomic E-state index is 0.280. The molecule has 0 aliphatic rings. The molecule has 0 aromatic rings. The molecule has 0 aromatic carbocycles. The SMILES string of the molecule is CC(=C=CCl)CC(Cl)(Cl)CO. The van der Waals surface area contributed by atoms with Gasteiger partial charge in [-0.3, -0.25) is 0 Å². The topological polar surface area (TPSA) is 20.2 Å². The van der Waals surface area contributed by atoms with E-state index in [0.29, 0.717) is 6.42 Å². The highest BCUT2D eigenvalue weighted by molar-refractivity contribution is 6.48. The molecule has 0 spiro atoms. The summed E-state index contributed by atoms with van der Waals surface area (Å²) in [6.45, 7) is 1.51. The minimum Gasteiger partial charge on any atom is -0.393 e. The van der Waals surface area contributed by atoms with Crippen LogP contribution in [0.1, 0.15) is 13.3 Å². The lowest BCUT2D eigenvalue weighted by Gasteiger charge is -2.14. The molecule has 0 atom stereocenters. The Morgan fingerprint density at radius 2 is 2.18 bits per heavy atom. The van der Waals surface area contributed by atoms with Gasteiger partial charge >= 0.3 is 0 Å². The molecule has 64 valence electrons. The third-order valence-electron chi connectivity index (χ3n) is 1.06. The van der Waals surface area contributed by atoms with Gasteiger partial charge in [0.25, 0.3) is 0 Å². The fraction of sp³-hybridized carbons (Fsp3) is 0.571. The first-order valence-electron chi connectivity index (χ1n) is 3.01. The molecule has 4 heteroatoms. The molecule has 0 unspecified atom stereocenters. The fourth-order valence-corrected chi connectivity index (χ4v) is 1.18. The summed E-state index contributed by atoms with van der Waals surface area (Å²) in [5.74, 6) is 0. The van der Waals surface area contributed by atoms with Gasteiger partial charge in [-0.2, -0.15) is 0 Å². The van der Waals surface area contributed by atoms with E-state index in [4.69, 9.17) is 39.9 Å². The highest BCUT2D eigenvalue weighted by Gasteiger charge is 2.22. The third-order valence-corrected chi connectivity index (χ3v) is 1.67. The Morgan fingerprint density at radius 3 is 2.55 bits per heavy atom. The molecule has 11 heavy (non-hydrogen) atoms. The Morgan fingerprint density at radius 1 is 1.64 bits per heavy atom. The Hall–Kier alpha value is 0.350. The van der Waals surface area contributed by atoms with Gasteiger partial charge in [0.1, 0.15) is 4.33 Å². The van der Waals surface area contributed by atoms with E-state index in [1.165, 1.54) is 5.54 Å². The van der Waals surface area contributed by atoms with Crippen LogP contribution in [0.5, 0.6) is 0 Å². The average molecular weight is 216 g/mol. The predicted molar refractivity (Wildman–Crippen MR) is 49.3 cm³/mol. The smallest absolute Gasteiger partial charge is 0.145 e. The maximum Gasteiger partial charge on any atom is 0.145 e. The number of halogens is 3. The zero-order valence-electron chi connectivity index (χ0n) is 6.07. The third kappa shape index (κ3) is 5.60. The molecule has 0 aromatic heterocycles. The number of aliphatic hydroxyl groups is 1. The molecular weight excluding hydrogens is 206 g/mol.